The van der Waals surface area contributed by atoms with Crippen LogP contribution in [0.5, 0.6) is 11.5 Å². The average molecular weight is 604 g/mol. The van der Waals surface area contributed by atoms with Crippen LogP contribution in [0.25, 0.3) is 6.08 Å². The normalized spacial score (nSPS) is 14.4. The van der Waals surface area contributed by atoms with Crippen LogP contribution in [-0.4, -0.2) is 23.4 Å². The molecular formula is C26H21Br2FN2O4. The summed E-state index contributed by atoms with van der Waals surface area (Å²) in [5, 5.41) is 2.64. The number of benzene rings is 3. The fraction of sp³-hybridized carbons (Fsp3) is 0.154. The Morgan fingerprint density at radius 1 is 0.971 bits per heavy atom. The molecular weight excluding hydrogens is 583 g/mol. The van der Waals surface area contributed by atoms with E-state index in [1.165, 1.54) is 12.1 Å². The van der Waals surface area contributed by atoms with E-state index >= 15 is 0 Å². The number of nitrogens with zero attached hydrogens (tertiary/aromatic N) is 1. The van der Waals surface area contributed by atoms with Crippen LogP contribution in [0.4, 0.5) is 9.18 Å². The van der Waals surface area contributed by atoms with Gasteiger partial charge in [0, 0.05) is 4.47 Å². The number of hydrogen-bond donors (Lipinski definition) is 1. The van der Waals surface area contributed by atoms with E-state index in [2.05, 4.69) is 37.2 Å². The second kappa shape index (κ2) is 11.0. The van der Waals surface area contributed by atoms with Gasteiger partial charge in [-0.3, -0.25) is 9.69 Å². The van der Waals surface area contributed by atoms with Gasteiger partial charge in [-0.25, -0.2) is 9.18 Å². The Balaban J connectivity index is 1.54. The maximum absolute atomic E-state index is 13.2. The minimum Gasteiger partial charge on any atom is -0.490 e. The Hall–Kier alpha value is -3.17. The molecule has 0 unspecified atom stereocenters. The molecule has 1 N–H and O–H groups in total. The smallest absolute Gasteiger partial charge is 0.329 e. The molecule has 6 nitrogen and oxygen atoms in total. The van der Waals surface area contributed by atoms with Crippen molar-refractivity contribution >= 4 is 49.9 Å². The van der Waals surface area contributed by atoms with Gasteiger partial charge in [-0.15, -0.1) is 0 Å². The van der Waals surface area contributed by atoms with Gasteiger partial charge >= 0.3 is 6.03 Å². The van der Waals surface area contributed by atoms with Crippen LogP contribution in [0, 0.1) is 5.82 Å². The Morgan fingerprint density at radius 3 is 2.34 bits per heavy atom. The van der Waals surface area contributed by atoms with Crippen molar-refractivity contribution in [3.63, 3.8) is 0 Å². The zero-order valence-electron chi connectivity index (χ0n) is 18.7. The summed E-state index contributed by atoms with van der Waals surface area (Å²) in [4.78, 5) is 26.5. The molecule has 0 aliphatic carbocycles. The van der Waals surface area contributed by atoms with Crippen LogP contribution in [0.3, 0.4) is 0 Å². The maximum Gasteiger partial charge on any atom is 0.329 e. The zero-order chi connectivity index (χ0) is 24.9. The molecule has 1 aliphatic rings. The molecule has 0 bridgehead atoms. The monoisotopic (exact) mass is 602 g/mol. The number of carbonyl (C=O) groups is 2. The number of halogens is 3. The summed E-state index contributed by atoms with van der Waals surface area (Å²) in [6.45, 7) is 2.64. The maximum atomic E-state index is 13.2. The zero-order valence-corrected chi connectivity index (χ0v) is 21.9. The molecule has 1 saturated heterocycles. The molecule has 3 aromatic rings. The lowest BCUT2D eigenvalue weighted by Gasteiger charge is -2.15. The highest BCUT2D eigenvalue weighted by molar-refractivity contribution is 9.10. The molecule has 1 heterocycles. The molecule has 4 rings (SSSR count). The number of carbonyl (C=O) groups excluding carboxylic acids is 2. The Bertz CT molecular complexity index is 1280. The summed E-state index contributed by atoms with van der Waals surface area (Å²) in [7, 11) is 0. The molecule has 0 saturated carbocycles. The standard InChI is InChI=1S/C26H21Br2FN2O4/c1-2-34-23-13-18(11-21(28)24(23)35-15-17-5-9-20(29)10-6-17)12-22-25(32)31(26(33)30-22)14-16-3-7-19(27)8-4-16/h3-13H,2,14-15H2,1H3,(H,30,33)/b22-12+. The first-order chi connectivity index (χ1) is 16.8. The van der Waals surface area contributed by atoms with Crippen LogP contribution in [-0.2, 0) is 17.9 Å². The predicted octanol–water partition coefficient (Wildman–Crippen LogP) is 6.42. The number of rotatable bonds is 8. The SMILES string of the molecule is CCOc1cc(/C=C2/NC(=O)N(Cc3ccc(Br)cc3)C2=O)cc(Br)c1OCc1ccc(F)cc1. The lowest BCUT2D eigenvalue weighted by atomic mass is 10.1. The summed E-state index contributed by atoms with van der Waals surface area (Å²) in [6.07, 6.45) is 1.60. The molecule has 180 valence electrons. The van der Waals surface area contributed by atoms with Gasteiger partial charge in [0.15, 0.2) is 11.5 Å². The Kier molecular flexibility index (Phi) is 7.87. The minimum atomic E-state index is -0.479. The molecule has 0 spiro atoms. The van der Waals surface area contributed by atoms with E-state index in [4.69, 9.17) is 9.47 Å². The molecule has 0 atom stereocenters. The second-order valence-corrected chi connectivity index (χ2v) is 9.45. The predicted molar refractivity (Wildman–Crippen MR) is 137 cm³/mol. The lowest BCUT2D eigenvalue weighted by molar-refractivity contribution is -0.123. The number of ether oxygens (including phenoxy) is 2. The lowest BCUT2D eigenvalue weighted by Crippen LogP contribution is -2.30. The number of imide groups is 1. The molecule has 1 aliphatic heterocycles. The van der Waals surface area contributed by atoms with E-state index in [0.29, 0.717) is 28.1 Å². The highest BCUT2D eigenvalue weighted by Gasteiger charge is 2.33. The summed E-state index contributed by atoms with van der Waals surface area (Å²) < 4.78 is 26.4. The summed E-state index contributed by atoms with van der Waals surface area (Å²) in [6, 6.07) is 16.5. The van der Waals surface area contributed by atoms with Crippen molar-refractivity contribution in [2.24, 2.45) is 0 Å². The Labute approximate surface area is 219 Å². The van der Waals surface area contributed by atoms with Gasteiger partial charge in [-0.05, 0) is 82.0 Å². The number of hydrogen-bond acceptors (Lipinski definition) is 4. The highest BCUT2D eigenvalue weighted by atomic mass is 79.9. The molecule has 0 radical (unpaired) electrons. The van der Waals surface area contributed by atoms with Crippen molar-refractivity contribution < 1.29 is 23.5 Å². The van der Waals surface area contributed by atoms with E-state index in [-0.39, 0.29) is 24.7 Å². The van der Waals surface area contributed by atoms with Crippen molar-refractivity contribution in [2.75, 3.05) is 6.61 Å². The van der Waals surface area contributed by atoms with Crippen molar-refractivity contribution in [1.29, 1.82) is 0 Å². The molecule has 0 aromatic heterocycles. The van der Waals surface area contributed by atoms with Gasteiger partial charge < -0.3 is 14.8 Å². The number of nitrogens with one attached hydrogen (secondary N) is 1. The van der Waals surface area contributed by atoms with Crippen molar-refractivity contribution in [3.05, 3.63) is 97.8 Å². The average Bonchev–Trinajstić information content (AvgIpc) is 3.08. The van der Waals surface area contributed by atoms with Gasteiger partial charge in [0.1, 0.15) is 18.1 Å². The molecule has 1 fully saturated rings. The van der Waals surface area contributed by atoms with E-state index in [1.807, 2.05) is 31.2 Å². The topological polar surface area (TPSA) is 67.9 Å². The van der Waals surface area contributed by atoms with Gasteiger partial charge in [0.2, 0.25) is 0 Å². The molecule has 3 amide bonds. The van der Waals surface area contributed by atoms with Gasteiger partial charge in [-0.2, -0.15) is 0 Å². The van der Waals surface area contributed by atoms with Crippen LogP contribution < -0.4 is 14.8 Å². The Morgan fingerprint density at radius 2 is 1.66 bits per heavy atom. The van der Waals surface area contributed by atoms with Crippen LogP contribution in [0.15, 0.2) is 75.3 Å². The van der Waals surface area contributed by atoms with Crippen molar-refractivity contribution in [3.8, 4) is 11.5 Å². The fourth-order valence-electron chi connectivity index (χ4n) is 3.46. The van der Waals surface area contributed by atoms with Gasteiger partial charge in [0.25, 0.3) is 5.91 Å². The summed E-state index contributed by atoms with van der Waals surface area (Å²) in [5.41, 5.74) is 2.45. The van der Waals surface area contributed by atoms with Gasteiger partial charge in [-0.1, -0.05) is 40.2 Å². The van der Waals surface area contributed by atoms with Crippen LogP contribution in [0.1, 0.15) is 23.6 Å². The number of urea groups is 1. The molecule has 9 heteroatoms. The van der Waals surface area contributed by atoms with Crippen molar-refractivity contribution in [1.82, 2.24) is 10.2 Å². The third kappa shape index (κ3) is 6.10. The van der Waals surface area contributed by atoms with E-state index in [9.17, 15) is 14.0 Å². The van der Waals surface area contributed by atoms with Gasteiger partial charge in [0.05, 0.1) is 17.6 Å². The third-order valence-electron chi connectivity index (χ3n) is 5.16. The highest BCUT2D eigenvalue weighted by Crippen LogP contribution is 2.38. The first-order valence-corrected chi connectivity index (χ1v) is 12.3. The van der Waals surface area contributed by atoms with Crippen molar-refractivity contribution in [2.45, 2.75) is 20.1 Å². The quantitative estimate of drug-likeness (QED) is 0.238. The second-order valence-electron chi connectivity index (χ2n) is 7.68. The molecule has 35 heavy (non-hydrogen) atoms. The van der Waals surface area contributed by atoms with E-state index in [1.54, 1.807) is 30.3 Å². The largest absolute Gasteiger partial charge is 0.490 e. The fourth-order valence-corrected chi connectivity index (χ4v) is 4.30. The van der Waals surface area contributed by atoms with E-state index in [0.717, 1.165) is 20.5 Å². The first kappa shape index (κ1) is 24.9. The third-order valence-corrected chi connectivity index (χ3v) is 6.27. The van der Waals surface area contributed by atoms with Crippen LogP contribution in [0.2, 0.25) is 0 Å². The summed E-state index contributed by atoms with van der Waals surface area (Å²) >= 11 is 6.89. The molecule has 3 aromatic carbocycles. The number of amides is 3. The van der Waals surface area contributed by atoms with E-state index < -0.39 is 11.9 Å². The summed E-state index contributed by atoms with van der Waals surface area (Å²) in [5.74, 6) is 0.228. The first-order valence-electron chi connectivity index (χ1n) is 10.8. The minimum absolute atomic E-state index is 0.166. The van der Waals surface area contributed by atoms with Crippen LogP contribution >= 0.6 is 31.9 Å².